The Kier molecular flexibility index (Phi) is 7.33. The van der Waals surface area contributed by atoms with Crippen molar-refractivity contribution in [1.82, 2.24) is 4.90 Å². The third kappa shape index (κ3) is 5.00. The molecule has 1 aromatic carbocycles. The average molecular weight is 276 g/mol. The van der Waals surface area contributed by atoms with Crippen molar-refractivity contribution < 1.29 is 14.3 Å². The van der Waals surface area contributed by atoms with Crippen LogP contribution in [0.5, 0.6) is 5.75 Å². The van der Waals surface area contributed by atoms with Gasteiger partial charge in [-0.15, -0.1) is 0 Å². The lowest BCUT2D eigenvalue weighted by Crippen LogP contribution is -2.28. The van der Waals surface area contributed by atoms with E-state index in [-0.39, 0.29) is 0 Å². The molecule has 5 heteroatoms. The molecule has 0 bridgehead atoms. The van der Waals surface area contributed by atoms with E-state index in [4.69, 9.17) is 14.7 Å². The van der Waals surface area contributed by atoms with Crippen LogP contribution in [-0.2, 0) is 11.3 Å². The predicted molar refractivity (Wildman–Crippen MR) is 75.8 cm³/mol. The largest absolute Gasteiger partial charge is 0.496 e. The molecule has 0 spiro atoms. The highest BCUT2D eigenvalue weighted by molar-refractivity contribution is 5.75. The fourth-order valence-corrected chi connectivity index (χ4v) is 1.93. The Hall–Kier alpha value is -1.90. The van der Waals surface area contributed by atoms with Crippen molar-refractivity contribution in [2.45, 2.75) is 13.0 Å². The third-order valence-electron chi connectivity index (χ3n) is 2.99. The summed E-state index contributed by atoms with van der Waals surface area (Å²) in [5.74, 6) is 0.745. The summed E-state index contributed by atoms with van der Waals surface area (Å²) in [6.45, 7) is 2.61. The van der Waals surface area contributed by atoms with Gasteiger partial charge in [0.05, 0.1) is 19.8 Å². The molecule has 20 heavy (non-hydrogen) atoms. The Labute approximate surface area is 119 Å². The van der Waals surface area contributed by atoms with Gasteiger partial charge in [0.15, 0.2) is 0 Å². The van der Waals surface area contributed by atoms with E-state index in [2.05, 4.69) is 11.0 Å². The zero-order chi connectivity index (χ0) is 14.8. The van der Waals surface area contributed by atoms with Gasteiger partial charge in [-0.1, -0.05) is 0 Å². The molecule has 0 aliphatic heterocycles. The normalized spacial score (nSPS) is 10.3. The number of carbonyl (C=O) groups excluding carboxylic acids is 1. The number of ether oxygens (including phenoxy) is 2. The molecule has 0 atom stereocenters. The Balaban J connectivity index is 2.84. The van der Waals surface area contributed by atoms with Crippen LogP contribution in [0, 0.1) is 11.3 Å². The van der Waals surface area contributed by atoms with Crippen molar-refractivity contribution in [2.75, 3.05) is 33.9 Å². The van der Waals surface area contributed by atoms with E-state index in [1.807, 2.05) is 6.07 Å². The molecule has 108 valence electrons. The minimum atomic E-state index is 0.458. The topological polar surface area (TPSA) is 62.6 Å². The molecule has 0 heterocycles. The first-order valence-electron chi connectivity index (χ1n) is 6.45. The molecule has 1 rings (SSSR count). The number of nitrogens with zero attached hydrogens (tertiary/aromatic N) is 2. The van der Waals surface area contributed by atoms with Crippen LogP contribution in [0.2, 0.25) is 0 Å². The summed E-state index contributed by atoms with van der Waals surface area (Å²) in [6.07, 6.45) is 1.27. The van der Waals surface area contributed by atoms with Gasteiger partial charge in [0.2, 0.25) is 0 Å². The lowest BCUT2D eigenvalue weighted by atomic mass is 10.1. The summed E-state index contributed by atoms with van der Waals surface area (Å²) < 4.78 is 10.4. The van der Waals surface area contributed by atoms with Gasteiger partial charge >= 0.3 is 0 Å². The van der Waals surface area contributed by atoms with Gasteiger partial charge in [-0.25, -0.2) is 0 Å². The average Bonchev–Trinajstić information content (AvgIpc) is 2.49. The highest BCUT2D eigenvalue weighted by Crippen LogP contribution is 2.21. The molecular weight excluding hydrogens is 256 g/mol. The van der Waals surface area contributed by atoms with Crippen molar-refractivity contribution >= 4 is 6.29 Å². The first-order chi connectivity index (χ1) is 9.74. The van der Waals surface area contributed by atoms with Crippen molar-refractivity contribution in [3.63, 3.8) is 0 Å². The predicted octanol–water partition coefficient (Wildman–Crippen LogP) is 1.87. The minimum Gasteiger partial charge on any atom is -0.496 e. The van der Waals surface area contributed by atoms with Crippen LogP contribution in [0.3, 0.4) is 0 Å². The fraction of sp³-hybridized carbons (Fsp3) is 0.467. The van der Waals surface area contributed by atoms with Gasteiger partial charge in [0.1, 0.15) is 12.0 Å². The lowest BCUT2D eigenvalue weighted by Gasteiger charge is -2.22. The maximum atomic E-state index is 10.9. The summed E-state index contributed by atoms with van der Waals surface area (Å²) >= 11 is 0. The molecule has 0 aliphatic carbocycles. The molecule has 0 saturated heterocycles. The second-order valence-electron chi connectivity index (χ2n) is 4.37. The van der Waals surface area contributed by atoms with Crippen LogP contribution in [0.1, 0.15) is 22.3 Å². The first-order valence-corrected chi connectivity index (χ1v) is 6.45. The van der Waals surface area contributed by atoms with Crippen LogP contribution in [0.4, 0.5) is 0 Å². The SMILES string of the molecule is COCCN(CCC#N)Cc1cc(C=O)ccc1OC. The second kappa shape index (κ2) is 9.08. The number of benzene rings is 1. The number of carbonyl (C=O) groups is 1. The van der Waals surface area contributed by atoms with Gasteiger partial charge < -0.3 is 9.47 Å². The molecule has 0 N–H and O–H groups in total. The summed E-state index contributed by atoms with van der Waals surface area (Å²) in [7, 11) is 3.25. The molecule has 0 aromatic heterocycles. The number of methoxy groups -OCH3 is 2. The Morgan fingerprint density at radius 1 is 1.35 bits per heavy atom. The molecule has 0 radical (unpaired) electrons. The van der Waals surface area contributed by atoms with Gasteiger partial charge in [-0.05, 0) is 18.2 Å². The Bertz CT molecular complexity index is 469. The van der Waals surface area contributed by atoms with E-state index in [1.165, 1.54) is 0 Å². The number of rotatable bonds is 9. The Morgan fingerprint density at radius 2 is 2.15 bits per heavy atom. The van der Waals surface area contributed by atoms with E-state index in [9.17, 15) is 4.79 Å². The van der Waals surface area contributed by atoms with Gasteiger partial charge in [-0.2, -0.15) is 5.26 Å². The number of hydrogen-bond acceptors (Lipinski definition) is 5. The molecule has 0 saturated carbocycles. The quantitative estimate of drug-likeness (QED) is 0.644. The van der Waals surface area contributed by atoms with Crippen molar-refractivity contribution in [1.29, 1.82) is 5.26 Å². The van der Waals surface area contributed by atoms with Crippen LogP contribution in [0.15, 0.2) is 18.2 Å². The zero-order valence-electron chi connectivity index (χ0n) is 12.0. The molecule has 0 amide bonds. The van der Waals surface area contributed by atoms with E-state index in [0.29, 0.717) is 31.7 Å². The number of aldehydes is 1. The highest BCUT2D eigenvalue weighted by atomic mass is 16.5. The maximum Gasteiger partial charge on any atom is 0.150 e. The maximum absolute atomic E-state index is 10.9. The molecular formula is C15H20N2O3. The van der Waals surface area contributed by atoms with Crippen molar-refractivity contribution in [3.05, 3.63) is 29.3 Å². The summed E-state index contributed by atoms with van der Waals surface area (Å²) in [4.78, 5) is 13.0. The summed E-state index contributed by atoms with van der Waals surface area (Å²) in [5.41, 5.74) is 1.55. The second-order valence-corrected chi connectivity index (χ2v) is 4.37. The zero-order valence-corrected chi connectivity index (χ0v) is 12.0. The summed E-state index contributed by atoms with van der Waals surface area (Å²) in [6, 6.07) is 7.47. The van der Waals surface area contributed by atoms with Crippen molar-refractivity contribution in [3.8, 4) is 11.8 Å². The van der Waals surface area contributed by atoms with E-state index in [1.54, 1.807) is 26.4 Å². The number of nitriles is 1. The minimum absolute atomic E-state index is 0.458. The van der Waals surface area contributed by atoms with Crippen molar-refractivity contribution in [2.24, 2.45) is 0 Å². The Morgan fingerprint density at radius 3 is 2.75 bits per heavy atom. The monoisotopic (exact) mass is 276 g/mol. The first kappa shape index (κ1) is 16.2. The van der Waals surface area contributed by atoms with E-state index in [0.717, 1.165) is 24.1 Å². The van der Waals surface area contributed by atoms with Gasteiger partial charge in [0.25, 0.3) is 0 Å². The molecule has 5 nitrogen and oxygen atoms in total. The van der Waals surface area contributed by atoms with Crippen LogP contribution < -0.4 is 4.74 Å². The molecule has 1 aromatic rings. The lowest BCUT2D eigenvalue weighted by molar-refractivity contribution is 0.112. The highest BCUT2D eigenvalue weighted by Gasteiger charge is 2.10. The molecule has 0 aliphatic rings. The van der Waals surface area contributed by atoms with Crippen LogP contribution >= 0.6 is 0 Å². The number of hydrogen-bond donors (Lipinski definition) is 0. The molecule has 0 fully saturated rings. The third-order valence-corrected chi connectivity index (χ3v) is 2.99. The summed E-state index contributed by atoms with van der Waals surface area (Å²) in [5, 5.41) is 8.71. The van der Waals surface area contributed by atoms with Crippen LogP contribution in [0.25, 0.3) is 0 Å². The standard InChI is InChI=1S/C15H20N2O3/c1-19-9-8-17(7-3-6-16)11-14-10-13(12-18)4-5-15(14)20-2/h4-5,10,12H,3,7-9,11H2,1-2H3. The molecule has 0 unspecified atom stereocenters. The fourth-order valence-electron chi connectivity index (χ4n) is 1.93. The van der Waals surface area contributed by atoms with Gasteiger partial charge in [-0.3, -0.25) is 9.69 Å². The van der Waals surface area contributed by atoms with E-state index >= 15 is 0 Å². The van der Waals surface area contributed by atoms with Gasteiger partial charge in [0, 0.05) is 44.3 Å². The van der Waals surface area contributed by atoms with E-state index < -0.39 is 0 Å². The smallest absolute Gasteiger partial charge is 0.150 e. The van der Waals surface area contributed by atoms with Crippen LogP contribution in [-0.4, -0.2) is 45.1 Å².